The number of hydrogen-bond donors (Lipinski definition) is 1. The van der Waals surface area contributed by atoms with Crippen LogP contribution < -0.4 is 4.74 Å². The Bertz CT molecular complexity index is 514. The van der Waals surface area contributed by atoms with E-state index in [0.717, 1.165) is 17.9 Å². The first-order valence-corrected chi connectivity index (χ1v) is 6.54. The van der Waals surface area contributed by atoms with E-state index in [1.807, 2.05) is 30.3 Å². The number of aliphatic hydroxyl groups excluding tert-OH is 1. The fourth-order valence-corrected chi connectivity index (χ4v) is 1.89. The van der Waals surface area contributed by atoms with E-state index in [9.17, 15) is 5.11 Å². The van der Waals surface area contributed by atoms with Crippen molar-refractivity contribution in [3.8, 4) is 5.75 Å². The summed E-state index contributed by atoms with van der Waals surface area (Å²) in [6.07, 6.45) is 0.805. The predicted octanol–water partition coefficient (Wildman–Crippen LogP) is 1.39. The largest absolute Gasteiger partial charge is 0.494 e. The average molecular weight is 277 g/mol. The highest BCUT2D eigenvalue weighted by Crippen LogP contribution is 2.10. The van der Waals surface area contributed by atoms with Gasteiger partial charge in [-0.3, -0.25) is 0 Å². The molecule has 1 aromatic heterocycles. The smallest absolute Gasteiger partial charge is 0.119 e. The van der Waals surface area contributed by atoms with Crippen LogP contribution in [0.4, 0.5) is 0 Å². The third-order valence-corrected chi connectivity index (χ3v) is 2.88. The van der Waals surface area contributed by atoms with Crippen molar-refractivity contribution < 1.29 is 14.6 Å². The Kier molecular flexibility index (Phi) is 5.52. The Morgan fingerprint density at radius 2 is 2.05 bits per heavy atom. The van der Waals surface area contributed by atoms with Crippen molar-refractivity contribution in [3.63, 3.8) is 0 Å². The number of hydrogen-bond acceptors (Lipinski definition) is 5. The van der Waals surface area contributed by atoms with Crippen LogP contribution >= 0.6 is 0 Å². The highest BCUT2D eigenvalue weighted by molar-refractivity contribution is 5.20. The van der Waals surface area contributed by atoms with Gasteiger partial charge >= 0.3 is 0 Å². The van der Waals surface area contributed by atoms with E-state index >= 15 is 0 Å². The second-order valence-electron chi connectivity index (χ2n) is 4.31. The van der Waals surface area contributed by atoms with Gasteiger partial charge in [-0.15, -0.1) is 5.10 Å². The summed E-state index contributed by atoms with van der Waals surface area (Å²) in [7, 11) is 1.61. The normalized spacial score (nSPS) is 10.7. The van der Waals surface area contributed by atoms with E-state index in [4.69, 9.17) is 9.47 Å². The van der Waals surface area contributed by atoms with Gasteiger partial charge in [0.05, 0.1) is 25.5 Å². The molecule has 0 spiro atoms. The third kappa shape index (κ3) is 3.79. The molecule has 0 saturated heterocycles. The number of methoxy groups -OCH3 is 1. The van der Waals surface area contributed by atoms with Gasteiger partial charge in [0.2, 0.25) is 0 Å². The van der Waals surface area contributed by atoms with Crippen LogP contribution in [0.25, 0.3) is 0 Å². The molecule has 6 heteroatoms. The van der Waals surface area contributed by atoms with Gasteiger partial charge in [-0.25, -0.2) is 4.68 Å². The molecule has 0 saturated carbocycles. The molecule has 2 aromatic rings. The van der Waals surface area contributed by atoms with Crippen molar-refractivity contribution in [3.05, 3.63) is 41.7 Å². The number of aromatic nitrogens is 3. The van der Waals surface area contributed by atoms with Gasteiger partial charge < -0.3 is 14.6 Å². The molecule has 0 unspecified atom stereocenters. The fraction of sp³-hybridized carbons (Fsp3) is 0.429. The molecule has 6 nitrogen and oxygen atoms in total. The van der Waals surface area contributed by atoms with Gasteiger partial charge in [-0.05, 0) is 12.1 Å². The molecular formula is C14H19N3O3. The van der Waals surface area contributed by atoms with Gasteiger partial charge in [-0.1, -0.05) is 23.4 Å². The van der Waals surface area contributed by atoms with E-state index in [1.165, 1.54) is 0 Å². The van der Waals surface area contributed by atoms with Crippen LogP contribution in [0.2, 0.25) is 0 Å². The molecule has 1 N–H and O–H groups in total. The number of nitrogens with zero attached hydrogens (tertiary/aromatic N) is 3. The summed E-state index contributed by atoms with van der Waals surface area (Å²) >= 11 is 0. The van der Waals surface area contributed by atoms with E-state index in [2.05, 4.69) is 10.3 Å². The number of aliphatic hydroxyl groups is 1. The summed E-state index contributed by atoms with van der Waals surface area (Å²) in [4.78, 5) is 0. The van der Waals surface area contributed by atoms with Crippen molar-refractivity contribution in [2.75, 3.05) is 13.7 Å². The summed E-state index contributed by atoms with van der Waals surface area (Å²) in [6, 6.07) is 9.69. The Balaban J connectivity index is 1.83. The van der Waals surface area contributed by atoms with Gasteiger partial charge in [0, 0.05) is 20.1 Å². The summed E-state index contributed by atoms with van der Waals surface area (Å²) in [5, 5.41) is 17.1. The molecule has 108 valence electrons. The molecule has 0 amide bonds. The molecule has 2 rings (SSSR count). The zero-order valence-corrected chi connectivity index (χ0v) is 11.5. The first kappa shape index (κ1) is 14.5. The summed E-state index contributed by atoms with van der Waals surface area (Å²) in [5.74, 6) is 0.860. The molecular weight excluding hydrogens is 258 g/mol. The van der Waals surface area contributed by atoms with E-state index < -0.39 is 0 Å². The lowest BCUT2D eigenvalue weighted by molar-refractivity contribution is 0.172. The van der Waals surface area contributed by atoms with Gasteiger partial charge in [0.1, 0.15) is 11.4 Å². The molecule has 0 fully saturated rings. The second-order valence-corrected chi connectivity index (χ2v) is 4.31. The molecule has 0 atom stereocenters. The van der Waals surface area contributed by atoms with Crippen LogP contribution in [-0.2, 0) is 24.5 Å². The first-order valence-electron chi connectivity index (χ1n) is 6.54. The highest BCUT2D eigenvalue weighted by atomic mass is 16.5. The molecule has 0 aliphatic heterocycles. The molecule has 0 aliphatic rings. The topological polar surface area (TPSA) is 69.4 Å². The molecule has 0 aliphatic carbocycles. The lowest BCUT2D eigenvalue weighted by Crippen LogP contribution is -2.10. The molecule has 1 aromatic carbocycles. The molecule has 0 radical (unpaired) electrons. The van der Waals surface area contributed by atoms with Crippen LogP contribution in [-0.4, -0.2) is 33.8 Å². The summed E-state index contributed by atoms with van der Waals surface area (Å²) < 4.78 is 12.5. The Morgan fingerprint density at radius 1 is 1.25 bits per heavy atom. The van der Waals surface area contributed by atoms with Gasteiger partial charge in [-0.2, -0.15) is 0 Å². The van der Waals surface area contributed by atoms with Crippen molar-refractivity contribution in [1.82, 2.24) is 15.0 Å². The maximum atomic E-state index is 9.18. The Hall–Kier alpha value is -1.92. The SMILES string of the molecule is COCc1c(CO)nnn1CCCOc1ccccc1. The van der Waals surface area contributed by atoms with Gasteiger partial charge in [0.15, 0.2) is 0 Å². The van der Waals surface area contributed by atoms with Crippen molar-refractivity contribution in [1.29, 1.82) is 0 Å². The van der Waals surface area contributed by atoms with E-state index in [0.29, 0.717) is 25.5 Å². The van der Waals surface area contributed by atoms with Crippen molar-refractivity contribution in [2.45, 2.75) is 26.2 Å². The number of aryl methyl sites for hydroxylation is 1. The van der Waals surface area contributed by atoms with Crippen LogP contribution in [0, 0.1) is 0 Å². The minimum atomic E-state index is -0.126. The fourth-order valence-electron chi connectivity index (χ4n) is 1.89. The Labute approximate surface area is 117 Å². The van der Waals surface area contributed by atoms with Crippen LogP contribution in [0.1, 0.15) is 17.8 Å². The van der Waals surface area contributed by atoms with Crippen molar-refractivity contribution >= 4 is 0 Å². The summed E-state index contributed by atoms with van der Waals surface area (Å²) in [5.41, 5.74) is 1.38. The minimum absolute atomic E-state index is 0.126. The molecule has 1 heterocycles. The van der Waals surface area contributed by atoms with Crippen LogP contribution in [0.3, 0.4) is 0 Å². The van der Waals surface area contributed by atoms with Crippen LogP contribution in [0.5, 0.6) is 5.75 Å². The number of para-hydroxylation sites is 1. The lowest BCUT2D eigenvalue weighted by atomic mass is 10.3. The highest BCUT2D eigenvalue weighted by Gasteiger charge is 2.11. The maximum absolute atomic E-state index is 9.18. The maximum Gasteiger partial charge on any atom is 0.119 e. The summed E-state index contributed by atoms with van der Waals surface area (Å²) in [6.45, 7) is 1.55. The number of ether oxygens (including phenoxy) is 2. The Morgan fingerprint density at radius 3 is 2.75 bits per heavy atom. The standard InChI is InChI=1S/C14H19N3O3/c1-19-11-14-13(10-18)15-16-17(14)8-5-9-20-12-6-3-2-4-7-12/h2-4,6-7,18H,5,8-11H2,1H3. The average Bonchev–Trinajstić information content (AvgIpc) is 2.87. The van der Waals surface area contributed by atoms with Gasteiger partial charge in [0.25, 0.3) is 0 Å². The van der Waals surface area contributed by atoms with Crippen LogP contribution in [0.15, 0.2) is 30.3 Å². The number of rotatable bonds is 8. The molecule has 0 bridgehead atoms. The zero-order chi connectivity index (χ0) is 14.2. The predicted molar refractivity (Wildman–Crippen MR) is 73.2 cm³/mol. The monoisotopic (exact) mass is 277 g/mol. The lowest BCUT2D eigenvalue weighted by Gasteiger charge is -2.08. The van der Waals surface area contributed by atoms with E-state index in [-0.39, 0.29) is 6.61 Å². The minimum Gasteiger partial charge on any atom is -0.494 e. The second kappa shape index (κ2) is 7.62. The quantitative estimate of drug-likeness (QED) is 0.738. The zero-order valence-electron chi connectivity index (χ0n) is 11.5. The first-order chi connectivity index (χ1) is 9.85. The van der Waals surface area contributed by atoms with E-state index in [1.54, 1.807) is 11.8 Å². The number of benzene rings is 1. The molecule has 20 heavy (non-hydrogen) atoms. The third-order valence-electron chi connectivity index (χ3n) is 2.88. The van der Waals surface area contributed by atoms with Crippen molar-refractivity contribution in [2.24, 2.45) is 0 Å².